The van der Waals surface area contributed by atoms with Gasteiger partial charge in [-0.3, -0.25) is 4.79 Å². The van der Waals surface area contributed by atoms with Gasteiger partial charge in [-0.15, -0.1) is 0 Å². The third-order valence-corrected chi connectivity index (χ3v) is 3.25. The van der Waals surface area contributed by atoms with Crippen LogP contribution in [0.4, 0.5) is 5.69 Å². The molecule has 0 saturated heterocycles. The van der Waals surface area contributed by atoms with Crippen molar-refractivity contribution in [2.24, 2.45) is 0 Å². The first-order valence-corrected chi connectivity index (χ1v) is 5.62. The van der Waals surface area contributed by atoms with Gasteiger partial charge in [-0.05, 0) is 57.1 Å². The summed E-state index contributed by atoms with van der Waals surface area (Å²) in [6.45, 7) is 4.30. The molecule has 0 bridgehead atoms. The van der Waals surface area contributed by atoms with E-state index in [-0.39, 0.29) is 0 Å². The number of nitrogens with one attached hydrogen (secondary N) is 1. The lowest BCUT2D eigenvalue weighted by molar-refractivity contribution is -0.105. The highest BCUT2D eigenvalue weighted by Gasteiger charge is 2.04. The Labute approximate surface area is 95.0 Å². The Morgan fingerprint density at radius 3 is 2.40 bits per heavy atom. The van der Waals surface area contributed by atoms with Gasteiger partial charge in [0.1, 0.15) is 0 Å². The minimum absolute atomic E-state index is 0.503. The maximum atomic E-state index is 10.2. The first-order chi connectivity index (χ1) is 7.13. The van der Waals surface area contributed by atoms with Crippen molar-refractivity contribution in [2.45, 2.75) is 24.8 Å². The van der Waals surface area contributed by atoms with Crippen molar-refractivity contribution in [2.75, 3.05) is 12.4 Å². The molecule has 0 spiro atoms. The van der Waals surface area contributed by atoms with Crippen molar-refractivity contribution in [3.05, 3.63) is 24.3 Å². The predicted molar refractivity (Wildman–Crippen MR) is 64.9 cm³/mol. The summed E-state index contributed by atoms with van der Waals surface area (Å²) >= 11 is 1.70. The quantitative estimate of drug-likeness (QED) is 0.616. The molecule has 0 atom stereocenters. The van der Waals surface area contributed by atoms with Gasteiger partial charge < -0.3 is 5.32 Å². The van der Waals surface area contributed by atoms with Crippen LogP contribution in [0.25, 0.3) is 0 Å². The fraction of sp³-hybridized carbons (Fsp3) is 0.364. The maximum absolute atomic E-state index is 10.2. The van der Waals surface area contributed by atoms with E-state index >= 15 is 0 Å². The summed E-state index contributed by atoms with van der Waals surface area (Å²) in [4.78, 5) is 11.4. The summed E-state index contributed by atoms with van der Waals surface area (Å²) in [5.74, 6) is 0. The van der Waals surface area contributed by atoms with Crippen molar-refractivity contribution in [3.63, 3.8) is 0 Å². The summed E-state index contributed by atoms with van der Waals surface area (Å²) in [5.41, 5.74) is 0.821. The molecule has 0 saturated carbocycles. The fourth-order valence-corrected chi connectivity index (χ4v) is 1.75. The molecule has 0 fully saturated rings. The molecule has 82 valence electrons. The summed E-state index contributed by atoms with van der Waals surface area (Å²) in [7, 11) is 2.06. The summed E-state index contributed by atoms with van der Waals surface area (Å²) < 4.78 is 2.18. The molecule has 0 radical (unpaired) electrons. The number of rotatable bonds is 5. The van der Waals surface area contributed by atoms with Gasteiger partial charge >= 0.3 is 0 Å². The topological polar surface area (TPSA) is 32.3 Å². The summed E-state index contributed by atoms with van der Waals surface area (Å²) in [6.07, 6.45) is 0.683. The van der Waals surface area contributed by atoms with Gasteiger partial charge in [0.05, 0.1) is 0 Å². The number of amides is 1. The maximum Gasteiger partial charge on any atom is 0.211 e. The predicted octanol–water partition coefficient (Wildman–Crippen LogP) is 2.60. The van der Waals surface area contributed by atoms with Crippen LogP contribution in [-0.2, 0) is 4.79 Å². The van der Waals surface area contributed by atoms with Gasteiger partial charge in [-0.2, -0.15) is 0 Å². The smallest absolute Gasteiger partial charge is 0.211 e. The average Bonchev–Trinajstić information content (AvgIpc) is 2.21. The van der Waals surface area contributed by atoms with E-state index in [4.69, 9.17) is 0 Å². The normalized spacial score (nSPS) is 10.7. The molecule has 1 rings (SSSR count). The zero-order chi connectivity index (χ0) is 11.3. The molecular formula is C11H16N2OS. The Morgan fingerprint density at radius 1 is 1.33 bits per heavy atom. The minimum atomic E-state index is 0.503. The molecule has 3 nitrogen and oxygen atoms in total. The highest BCUT2D eigenvalue weighted by Crippen LogP contribution is 2.24. The number of nitrogens with zero attached hydrogens (tertiary/aromatic N) is 1. The monoisotopic (exact) mass is 224 g/mol. The molecule has 15 heavy (non-hydrogen) atoms. The number of anilines is 1. The van der Waals surface area contributed by atoms with Crippen LogP contribution in [0.3, 0.4) is 0 Å². The lowest BCUT2D eigenvalue weighted by Gasteiger charge is -2.19. The third kappa shape index (κ3) is 3.93. The zero-order valence-electron chi connectivity index (χ0n) is 9.23. The van der Waals surface area contributed by atoms with E-state index in [2.05, 4.69) is 30.5 Å². The number of hydrogen-bond donors (Lipinski definition) is 1. The van der Waals surface area contributed by atoms with Crippen molar-refractivity contribution in [1.82, 2.24) is 4.31 Å². The molecule has 1 amide bonds. The van der Waals surface area contributed by atoms with Gasteiger partial charge in [-0.1, -0.05) is 0 Å². The zero-order valence-corrected chi connectivity index (χ0v) is 10.0. The van der Waals surface area contributed by atoms with Gasteiger partial charge in [0, 0.05) is 16.6 Å². The molecule has 0 aromatic heterocycles. The van der Waals surface area contributed by atoms with Gasteiger partial charge in [0.15, 0.2) is 0 Å². The molecule has 1 N–H and O–H groups in total. The standard InChI is InChI=1S/C11H16N2OS/c1-9(2)13(3)15-11-6-4-10(5-7-11)12-8-14/h4-9H,1-3H3,(H,12,14). The molecule has 0 heterocycles. The number of hydrogen-bond acceptors (Lipinski definition) is 3. The lowest BCUT2D eigenvalue weighted by atomic mass is 10.3. The van der Waals surface area contributed by atoms with E-state index in [1.165, 1.54) is 4.90 Å². The van der Waals surface area contributed by atoms with Crippen LogP contribution < -0.4 is 5.32 Å². The van der Waals surface area contributed by atoms with Gasteiger partial charge in [0.25, 0.3) is 0 Å². The van der Waals surface area contributed by atoms with E-state index in [9.17, 15) is 4.79 Å². The van der Waals surface area contributed by atoms with Crippen LogP contribution in [0.1, 0.15) is 13.8 Å². The molecular weight excluding hydrogens is 208 g/mol. The second-order valence-electron chi connectivity index (χ2n) is 3.52. The Hall–Kier alpha value is -1.00. The van der Waals surface area contributed by atoms with Crippen LogP contribution in [-0.4, -0.2) is 23.8 Å². The molecule has 0 aliphatic carbocycles. The van der Waals surface area contributed by atoms with Gasteiger partial charge in [-0.25, -0.2) is 4.31 Å². The van der Waals surface area contributed by atoms with Crippen molar-refractivity contribution >= 4 is 24.0 Å². The van der Waals surface area contributed by atoms with E-state index in [1.807, 2.05) is 24.3 Å². The Balaban J connectivity index is 2.60. The number of carbonyl (C=O) groups is 1. The molecule has 0 aliphatic rings. The lowest BCUT2D eigenvalue weighted by Crippen LogP contribution is -2.18. The Kier molecular flexibility index (Phi) is 4.65. The molecule has 0 aliphatic heterocycles. The van der Waals surface area contributed by atoms with Crippen LogP contribution in [0, 0.1) is 0 Å². The summed E-state index contributed by atoms with van der Waals surface area (Å²) in [6, 6.07) is 8.28. The third-order valence-electron chi connectivity index (χ3n) is 2.06. The highest BCUT2D eigenvalue weighted by molar-refractivity contribution is 7.97. The second-order valence-corrected chi connectivity index (χ2v) is 4.75. The molecule has 4 heteroatoms. The van der Waals surface area contributed by atoms with E-state index < -0.39 is 0 Å². The van der Waals surface area contributed by atoms with E-state index in [0.717, 1.165) is 5.69 Å². The van der Waals surface area contributed by atoms with Crippen molar-refractivity contribution in [1.29, 1.82) is 0 Å². The minimum Gasteiger partial charge on any atom is -0.329 e. The SMILES string of the molecule is CC(C)N(C)Sc1ccc(NC=O)cc1. The number of benzene rings is 1. The first-order valence-electron chi connectivity index (χ1n) is 4.84. The van der Waals surface area contributed by atoms with E-state index in [1.54, 1.807) is 11.9 Å². The van der Waals surface area contributed by atoms with Crippen molar-refractivity contribution in [3.8, 4) is 0 Å². The molecule has 0 unspecified atom stereocenters. The molecule has 1 aromatic rings. The second kappa shape index (κ2) is 5.78. The van der Waals surface area contributed by atoms with Crippen LogP contribution in [0.2, 0.25) is 0 Å². The van der Waals surface area contributed by atoms with Crippen LogP contribution >= 0.6 is 11.9 Å². The fourth-order valence-electron chi connectivity index (χ4n) is 0.952. The summed E-state index contributed by atoms with van der Waals surface area (Å²) in [5, 5.41) is 2.61. The van der Waals surface area contributed by atoms with Crippen molar-refractivity contribution < 1.29 is 4.79 Å². The number of carbonyl (C=O) groups excluding carboxylic acids is 1. The van der Waals surface area contributed by atoms with E-state index in [0.29, 0.717) is 12.5 Å². The largest absolute Gasteiger partial charge is 0.329 e. The van der Waals surface area contributed by atoms with Crippen LogP contribution in [0.5, 0.6) is 0 Å². The molecule has 1 aromatic carbocycles. The van der Waals surface area contributed by atoms with Crippen LogP contribution in [0.15, 0.2) is 29.2 Å². The average molecular weight is 224 g/mol. The highest BCUT2D eigenvalue weighted by atomic mass is 32.2. The van der Waals surface area contributed by atoms with Gasteiger partial charge in [0.2, 0.25) is 6.41 Å². The first kappa shape index (κ1) is 12.1. The Bertz CT molecular complexity index is 311. The Morgan fingerprint density at radius 2 is 1.93 bits per heavy atom.